The lowest BCUT2D eigenvalue weighted by molar-refractivity contribution is 0.0995. The maximum absolute atomic E-state index is 11.3. The average molecular weight is 219 g/mol. The highest BCUT2D eigenvalue weighted by molar-refractivity contribution is 5.99. The summed E-state index contributed by atoms with van der Waals surface area (Å²) in [5.74, 6) is -0.0270. The maximum atomic E-state index is 11.3. The van der Waals surface area contributed by atoms with E-state index in [1.54, 1.807) is 18.3 Å². The Bertz CT molecular complexity index is 531. The highest BCUT2D eigenvalue weighted by atomic mass is 16.5. The smallest absolute Gasteiger partial charge is 0.252 e. The standard InChI is InChI=1S/C11H13N3O2/c1-6(2)16-10-4-9-7(5-13-14-9)3-8(10)11(12)15/h3-6H,1-2H3,(H2,12,15)(H,13,14). The molecule has 1 aromatic carbocycles. The SMILES string of the molecule is CC(C)Oc1cc2n[nH]cc2cc1C(N)=O. The van der Waals surface area contributed by atoms with Crippen molar-refractivity contribution in [2.75, 3.05) is 0 Å². The van der Waals surface area contributed by atoms with E-state index in [0.717, 1.165) is 10.9 Å². The number of ether oxygens (including phenoxy) is 1. The second kappa shape index (κ2) is 3.84. The van der Waals surface area contributed by atoms with Crippen LogP contribution in [0.15, 0.2) is 18.3 Å². The molecule has 0 atom stereocenters. The number of aromatic amines is 1. The van der Waals surface area contributed by atoms with Crippen molar-refractivity contribution in [3.05, 3.63) is 23.9 Å². The molecule has 0 aliphatic rings. The molecule has 0 spiro atoms. The van der Waals surface area contributed by atoms with Crippen LogP contribution in [0.4, 0.5) is 0 Å². The zero-order valence-electron chi connectivity index (χ0n) is 9.15. The van der Waals surface area contributed by atoms with E-state index in [0.29, 0.717) is 11.3 Å². The quantitative estimate of drug-likeness (QED) is 0.819. The van der Waals surface area contributed by atoms with Gasteiger partial charge in [-0.05, 0) is 19.9 Å². The van der Waals surface area contributed by atoms with Gasteiger partial charge in [0.1, 0.15) is 5.75 Å². The molecule has 2 aromatic rings. The molecule has 84 valence electrons. The van der Waals surface area contributed by atoms with Gasteiger partial charge in [-0.25, -0.2) is 0 Å². The summed E-state index contributed by atoms with van der Waals surface area (Å²) in [6.07, 6.45) is 1.69. The molecule has 3 N–H and O–H groups in total. The molecular formula is C11H13N3O2. The first kappa shape index (κ1) is 10.5. The third-order valence-corrected chi connectivity index (χ3v) is 2.16. The lowest BCUT2D eigenvalue weighted by Crippen LogP contribution is -2.15. The zero-order chi connectivity index (χ0) is 11.7. The maximum Gasteiger partial charge on any atom is 0.252 e. The molecule has 1 amide bonds. The summed E-state index contributed by atoms with van der Waals surface area (Å²) >= 11 is 0. The van der Waals surface area contributed by atoms with E-state index in [4.69, 9.17) is 10.5 Å². The van der Waals surface area contributed by atoms with Crippen molar-refractivity contribution < 1.29 is 9.53 Å². The van der Waals surface area contributed by atoms with E-state index in [1.807, 2.05) is 13.8 Å². The first-order valence-corrected chi connectivity index (χ1v) is 5.02. The van der Waals surface area contributed by atoms with Crippen molar-refractivity contribution in [2.45, 2.75) is 20.0 Å². The number of benzene rings is 1. The van der Waals surface area contributed by atoms with Gasteiger partial charge in [-0.1, -0.05) is 0 Å². The van der Waals surface area contributed by atoms with Crippen molar-refractivity contribution in [1.29, 1.82) is 0 Å². The number of carbonyl (C=O) groups excluding carboxylic acids is 1. The fraction of sp³-hybridized carbons (Fsp3) is 0.273. The zero-order valence-corrected chi connectivity index (χ0v) is 9.15. The lowest BCUT2D eigenvalue weighted by atomic mass is 10.1. The molecule has 1 aromatic heterocycles. The Morgan fingerprint density at radius 1 is 1.50 bits per heavy atom. The first-order chi connectivity index (χ1) is 7.58. The van der Waals surface area contributed by atoms with E-state index in [9.17, 15) is 4.79 Å². The Balaban J connectivity index is 2.57. The number of fused-ring (bicyclic) bond motifs is 1. The number of nitrogens with one attached hydrogen (secondary N) is 1. The molecule has 5 nitrogen and oxygen atoms in total. The Labute approximate surface area is 92.6 Å². The molecule has 0 unspecified atom stereocenters. The number of H-pyrrole nitrogens is 1. The molecule has 1 heterocycles. The van der Waals surface area contributed by atoms with Gasteiger partial charge in [0, 0.05) is 17.6 Å². The lowest BCUT2D eigenvalue weighted by Gasteiger charge is -2.12. The van der Waals surface area contributed by atoms with E-state index in [2.05, 4.69) is 10.2 Å². The van der Waals surface area contributed by atoms with Gasteiger partial charge in [0.2, 0.25) is 0 Å². The second-order valence-corrected chi connectivity index (χ2v) is 3.82. The van der Waals surface area contributed by atoms with E-state index in [-0.39, 0.29) is 6.10 Å². The van der Waals surface area contributed by atoms with Crippen LogP contribution in [0.1, 0.15) is 24.2 Å². The van der Waals surface area contributed by atoms with Crippen LogP contribution in [0.5, 0.6) is 5.75 Å². The summed E-state index contributed by atoms with van der Waals surface area (Å²) in [5, 5.41) is 7.59. The summed E-state index contributed by atoms with van der Waals surface area (Å²) in [7, 11) is 0. The van der Waals surface area contributed by atoms with Crippen LogP contribution in [-0.2, 0) is 0 Å². The molecule has 2 rings (SSSR count). The summed E-state index contributed by atoms with van der Waals surface area (Å²) in [6, 6.07) is 3.39. The van der Waals surface area contributed by atoms with Crippen LogP contribution in [0, 0.1) is 0 Å². The van der Waals surface area contributed by atoms with Crippen LogP contribution in [0.3, 0.4) is 0 Å². The number of hydrogen-bond donors (Lipinski definition) is 2. The Kier molecular flexibility index (Phi) is 2.52. The van der Waals surface area contributed by atoms with Gasteiger partial charge in [0.15, 0.2) is 0 Å². The molecule has 0 aliphatic carbocycles. The molecule has 16 heavy (non-hydrogen) atoms. The molecular weight excluding hydrogens is 206 g/mol. The van der Waals surface area contributed by atoms with Crippen LogP contribution < -0.4 is 10.5 Å². The van der Waals surface area contributed by atoms with Crippen molar-refractivity contribution in [3.8, 4) is 5.75 Å². The van der Waals surface area contributed by atoms with Gasteiger partial charge >= 0.3 is 0 Å². The van der Waals surface area contributed by atoms with Crippen LogP contribution in [-0.4, -0.2) is 22.2 Å². The van der Waals surface area contributed by atoms with E-state index < -0.39 is 5.91 Å². The molecule has 0 saturated heterocycles. The van der Waals surface area contributed by atoms with Crippen LogP contribution in [0.2, 0.25) is 0 Å². The number of amides is 1. The van der Waals surface area contributed by atoms with Gasteiger partial charge in [0.05, 0.1) is 17.2 Å². The number of nitrogens with zero attached hydrogens (tertiary/aromatic N) is 1. The molecule has 0 radical (unpaired) electrons. The van der Waals surface area contributed by atoms with Crippen LogP contribution in [0.25, 0.3) is 10.9 Å². The average Bonchev–Trinajstić information content (AvgIpc) is 2.62. The molecule has 5 heteroatoms. The van der Waals surface area contributed by atoms with Gasteiger partial charge < -0.3 is 10.5 Å². The molecule has 0 bridgehead atoms. The third kappa shape index (κ3) is 1.84. The van der Waals surface area contributed by atoms with Crippen molar-refractivity contribution in [2.24, 2.45) is 5.73 Å². The number of rotatable bonds is 3. The van der Waals surface area contributed by atoms with Gasteiger partial charge in [0.25, 0.3) is 5.91 Å². The second-order valence-electron chi connectivity index (χ2n) is 3.82. The van der Waals surface area contributed by atoms with Gasteiger partial charge in [-0.3, -0.25) is 9.89 Å². The Morgan fingerprint density at radius 2 is 2.25 bits per heavy atom. The number of hydrogen-bond acceptors (Lipinski definition) is 3. The van der Waals surface area contributed by atoms with E-state index in [1.165, 1.54) is 0 Å². The van der Waals surface area contributed by atoms with Gasteiger partial charge in [-0.2, -0.15) is 5.10 Å². The predicted molar refractivity (Wildman–Crippen MR) is 60.4 cm³/mol. The number of aromatic nitrogens is 2. The summed E-state index contributed by atoms with van der Waals surface area (Å²) in [5.41, 5.74) is 6.43. The molecule has 0 fully saturated rings. The Morgan fingerprint density at radius 3 is 2.88 bits per heavy atom. The minimum Gasteiger partial charge on any atom is -0.490 e. The largest absolute Gasteiger partial charge is 0.490 e. The molecule has 0 saturated carbocycles. The third-order valence-electron chi connectivity index (χ3n) is 2.16. The van der Waals surface area contributed by atoms with Crippen LogP contribution >= 0.6 is 0 Å². The number of nitrogens with two attached hydrogens (primary N) is 1. The summed E-state index contributed by atoms with van der Waals surface area (Å²) in [6.45, 7) is 3.78. The normalized spacial score (nSPS) is 10.9. The minimum atomic E-state index is -0.501. The fourth-order valence-corrected chi connectivity index (χ4v) is 1.51. The number of primary amides is 1. The van der Waals surface area contributed by atoms with Gasteiger partial charge in [-0.15, -0.1) is 0 Å². The molecule has 0 aliphatic heterocycles. The summed E-state index contributed by atoms with van der Waals surface area (Å²) < 4.78 is 5.53. The fourth-order valence-electron chi connectivity index (χ4n) is 1.51. The summed E-state index contributed by atoms with van der Waals surface area (Å²) in [4.78, 5) is 11.3. The van der Waals surface area contributed by atoms with Crippen molar-refractivity contribution in [1.82, 2.24) is 10.2 Å². The van der Waals surface area contributed by atoms with Crippen molar-refractivity contribution in [3.63, 3.8) is 0 Å². The van der Waals surface area contributed by atoms with E-state index >= 15 is 0 Å². The Hall–Kier alpha value is -2.04. The topological polar surface area (TPSA) is 81.0 Å². The first-order valence-electron chi connectivity index (χ1n) is 5.02. The van der Waals surface area contributed by atoms with Crippen molar-refractivity contribution >= 4 is 16.8 Å². The predicted octanol–water partition coefficient (Wildman–Crippen LogP) is 1.45. The highest BCUT2D eigenvalue weighted by Gasteiger charge is 2.13. The monoisotopic (exact) mass is 219 g/mol. The highest BCUT2D eigenvalue weighted by Crippen LogP contribution is 2.25. The number of carbonyl (C=O) groups is 1. The minimum absolute atomic E-state index is 0.0190.